The first-order chi connectivity index (χ1) is 9.75. The van der Waals surface area contributed by atoms with Gasteiger partial charge < -0.3 is 5.32 Å². The average molecular weight is 267 g/mol. The molecule has 1 aliphatic carbocycles. The van der Waals surface area contributed by atoms with Gasteiger partial charge >= 0.3 is 0 Å². The second-order valence-corrected chi connectivity index (χ2v) is 6.39. The predicted molar refractivity (Wildman–Crippen MR) is 86.8 cm³/mol. The van der Waals surface area contributed by atoms with E-state index in [1.54, 1.807) is 0 Å². The van der Waals surface area contributed by atoms with Crippen molar-refractivity contribution >= 4 is 10.8 Å². The molecule has 0 spiro atoms. The Balaban J connectivity index is 1.74. The van der Waals surface area contributed by atoms with Crippen LogP contribution in [0.3, 0.4) is 0 Å². The van der Waals surface area contributed by atoms with Gasteiger partial charge in [0.05, 0.1) is 0 Å². The van der Waals surface area contributed by atoms with Gasteiger partial charge in [0.2, 0.25) is 0 Å². The molecule has 0 radical (unpaired) electrons. The molecular weight excluding hydrogens is 242 g/mol. The average Bonchev–Trinajstić information content (AvgIpc) is 2.49. The molecule has 3 rings (SSSR count). The highest BCUT2D eigenvalue weighted by molar-refractivity contribution is 5.85. The van der Waals surface area contributed by atoms with Crippen molar-refractivity contribution in [3.63, 3.8) is 0 Å². The van der Waals surface area contributed by atoms with E-state index in [0.29, 0.717) is 6.04 Å². The van der Waals surface area contributed by atoms with Crippen LogP contribution in [-0.2, 0) is 6.54 Å². The number of benzene rings is 2. The number of hydrogen-bond acceptors (Lipinski definition) is 1. The van der Waals surface area contributed by atoms with Crippen LogP contribution >= 0.6 is 0 Å². The van der Waals surface area contributed by atoms with E-state index in [0.717, 1.165) is 18.4 Å². The Morgan fingerprint density at radius 2 is 1.80 bits per heavy atom. The lowest BCUT2D eigenvalue weighted by Gasteiger charge is -2.35. The molecule has 0 bridgehead atoms. The fourth-order valence-corrected chi connectivity index (χ4v) is 3.56. The summed E-state index contributed by atoms with van der Waals surface area (Å²) in [5, 5.41) is 6.54. The van der Waals surface area contributed by atoms with Crippen molar-refractivity contribution in [2.45, 2.75) is 45.7 Å². The minimum absolute atomic E-state index is 0.678. The zero-order valence-corrected chi connectivity index (χ0v) is 12.6. The van der Waals surface area contributed by atoms with E-state index in [1.165, 1.54) is 35.6 Å². The highest BCUT2D eigenvalue weighted by atomic mass is 14.9. The molecule has 1 aliphatic rings. The predicted octanol–water partition coefficient (Wildman–Crippen LogP) is 4.75. The van der Waals surface area contributed by atoms with Gasteiger partial charge in [0, 0.05) is 12.6 Å². The van der Waals surface area contributed by atoms with E-state index in [4.69, 9.17) is 0 Å². The summed E-state index contributed by atoms with van der Waals surface area (Å²) >= 11 is 0. The molecule has 1 nitrogen and oxygen atoms in total. The van der Waals surface area contributed by atoms with Crippen LogP contribution < -0.4 is 5.32 Å². The van der Waals surface area contributed by atoms with E-state index in [1.807, 2.05) is 0 Å². The molecule has 0 amide bonds. The molecule has 0 saturated heterocycles. The molecule has 1 saturated carbocycles. The first-order valence-electron chi connectivity index (χ1n) is 7.96. The maximum atomic E-state index is 3.81. The Morgan fingerprint density at radius 1 is 1.00 bits per heavy atom. The van der Waals surface area contributed by atoms with Gasteiger partial charge in [-0.25, -0.2) is 0 Å². The summed E-state index contributed by atoms with van der Waals surface area (Å²) in [5.74, 6) is 1.65. The molecule has 0 aliphatic heterocycles. The smallest absolute Gasteiger partial charge is 0.0214 e. The van der Waals surface area contributed by atoms with Crippen molar-refractivity contribution in [3.05, 3.63) is 48.0 Å². The van der Waals surface area contributed by atoms with E-state index < -0.39 is 0 Å². The third kappa shape index (κ3) is 2.73. The molecule has 1 heteroatoms. The van der Waals surface area contributed by atoms with Crippen LogP contribution in [0.4, 0.5) is 0 Å². The number of hydrogen-bond donors (Lipinski definition) is 1. The Hall–Kier alpha value is -1.34. The molecule has 106 valence electrons. The maximum absolute atomic E-state index is 3.81. The molecule has 0 aromatic heterocycles. The minimum atomic E-state index is 0.678. The van der Waals surface area contributed by atoms with Crippen molar-refractivity contribution in [3.8, 4) is 0 Å². The topological polar surface area (TPSA) is 12.0 Å². The van der Waals surface area contributed by atoms with Gasteiger partial charge in [0.25, 0.3) is 0 Å². The lowest BCUT2D eigenvalue weighted by molar-refractivity contribution is 0.206. The Labute approximate surface area is 122 Å². The maximum Gasteiger partial charge on any atom is 0.0214 e. The molecule has 3 atom stereocenters. The summed E-state index contributed by atoms with van der Waals surface area (Å²) in [6.07, 6.45) is 4.10. The fraction of sp³-hybridized carbons (Fsp3) is 0.474. The second kappa shape index (κ2) is 5.97. The Kier molecular flexibility index (Phi) is 4.07. The molecule has 0 heterocycles. The van der Waals surface area contributed by atoms with Gasteiger partial charge in [-0.3, -0.25) is 0 Å². The third-order valence-electron chi connectivity index (χ3n) is 5.14. The number of rotatable bonds is 3. The third-order valence-corrected chi connectivity index (χ3v) is 5.14. The van der Waals surface area contributed by atoms with Crippen LogP contribution in [0, 0.1) is 11.8 Å². The van der Waals surface area contributed by atoms with Gasteiger partial charge in [-0.15, -0.1) is 0 Å². The highest BCUT2D eigenvalue weighted by Crippen LogP contribution is 2.30. The summed E-state index contributed by atoms with van der Waals surface area (Å²) in [4.78, 5) is 0. The van der Waals surface area contributed by atoms with Crippen molar-refractivity contribution in [2.24, 2.45) is 11.8 Å². The Bertz CT molecular complexity index is 569. The van der Waals surface area contributed by atoms with Crippen molar-refractivity contribution in [1.82, 2.24) is 5.32 Å². The normalized spacial score (nSPS) is 26.8. The standard InChI is InChI=1S/C19H25N/c1-14-7-5-12-19(15(14)2)20-13-17-10-6-9-16-8-3-4-11-18(16)17/h3-4,6,8-11,14-15,19-20H,5,7,12-13H2,1-2H3/t14-,15-,19+/m1/s1. The van der Waals surface area contributed by atoms with Gasteiger partial charge in [-0.2, -0.15) is 0 Å². The van der Waals surface area contributed by atoms with Crippen molar-refractivity contribution in [2.75, 3.05) is 0 Å². The Morgan fingerprint density at radius 3 is 2.70 bits per heavy atom. The van der Waals surface area contributed by atoms with Gasteiger partial charge in [-0.1, -0.05) is 69.2 Å². The fourth-order valence-electron chi connectivity index (χ4n) is 3.56. The number of nitrogens with one attached hydrogen (secondary N) is 1. The quantitative estimate of drug-likeness (QED) is 0.846. The summed E-state index contributed by atoms with van der Waals surface area (Å²) in [6.45, 7) is 5.80. The molecule has 2 aromatic carbocycles. The monoisotopic (exact) mass is 267 g/mol. The molecular formula is C19H25N. The van der Waals surface area contributed by atoms with E-state index in [2.05, 4.69) is 61.6 Å². The lowest BCUT2D eigenvalue weighted by atomic mass is 9.78. The van der Waals surface area contributed by atoms with Crippen LogP contribution in [0.1, 0.15) is 38.7 Å². The summed E-state index contributed by atoms with van der Waals surface area (Å²) in [5.41, 5.74) is 1.42. The molecule has 2 aromatic rings. The summed E-state index contributed by atoms with van der Waals surface area (Å²) < 4.78 is 0. The summed E-state index contributed by atoms with van der Waals surface area (Å²) in [6, 6.07) is 16.0. The second-order valence-electron chi connectivity index (χ2n) is 6.39. The van der Waals surface area contributed by atoms with Crippen LogP contribution in [0.15, 0.2) is 42.5 Å². The van der Waals surface area contributed by atoms with Gasteiger partial charge in [0.1, 0.15) is 0 Å². The van der Waals surface area contributed by atoms with E-state index >= 15 is 0 Å². The van der Waals surface area contributed by atoms with Crippen LogP contribution in [-0.4, -0.2) is 6.04 Å². The van der Waals surface area contributed by atoms with Crippen LogP contribution in [0.5, 0.6) is 0 Å². The van der Waals surface area contributed by atoms with Crippen LogP contribution in [0.25, 0.3) is 10.8 Å². The highest BCUT2D eigenvalue weighted by Gasteiger charge is 2.26. The van der Waals surface area contributed by atoms with Gasteiger partial charge in [-0.05, 0) is 34.6 Å². The molecule has 1 N–H and O–H groups in total. The molecule has 20 heavy (non-hydrogen) atoms. The van der Waals surface area contributed by atoms with E-state index in [9.17, 15) is 0 Å². The lowest BCUT2D eigenvalue weighted by Crippen LogP contribution is -2.40. The SMILES string of the molecule is C[C@@H]1[C@H](C)CCC[C@@H]1NCc1cccc2ccccc12. The zero-order chi connectivity index (χ0) is 13.9. The molecule has 1 fully saturated rings. The summed E-state index contributed by atoms with van der Waals surface area (Å²) in [7, 11) is 0. The zero-order valence-electron chi connectivity index (χ0n) is 12.6. The van der Waals surface area contributed by atoms with Crippen LogP contribution in [0.2, 0.25) is 0 Å². The minimum Gasteiger partial charge on any atom is -0.310 e. The number of fused-ring (bicyclic) bond motifs is 1. The van der Waals surface area contributed by atoms with Crippen molar-refractivity contribution in [1.29, 1.82) is 0 Å². The first-order valence-corrected chi connectivity index (χ1v) is 7.96. The largest absolute Gasteiger partial charge is 0.310 e. The van der Waals surface area contributed by atoms with Gasteiger partial charge in [0.15, 0.2) is 0 Å². The van der Waals surface area contributed by atoms with E-state index in [-0.39, 0.29) is 0 Å². The molecule has 0 unspecified atom stereocenters. The first kappa shape index (κ1) is 13.6. The van der Waals surface area contributed by atoms with Crippen molar-refractivity contribution < 1.29 is 0 Å².